The second-order valence-corrected chi connectivity index (χ2v) is 4.16. The number of hydrogen-bond donors (Lipinski definition) is 1. The molecule has 17 heavy (non-hydrogen) atoms. The summed E-state index contributed by atoms with van der Waals surface area (Å²) in [6.45, 7) is 4.72. The Morgan fingerprint density at radius 3 is 2.71 bits per heavy atom. The minimum absolute atomic E-state index is 0.527. The van der Waals surface area contributed by atoms with Gasteiger partial charge < -0.3 is 14.7 Å². The molecule has 1 aromatic carbocycles. The van der Waals surface area contributed by atoms with Crippen LogP contribution in [-0.4, -0.2) is 31.4 Å². The van der Waals surface area contributed by atoms with Crippen LogP contribution in [0.15, 0.2) is 18.2 Å². The van der Waals surface area contributed by atoms with Crippen molar-refractivity contribution in [3.8, 4) is 6.07 Å². The molecule has 1 aliphatic heterocycles. The fraction of sp³-hybridized carbons (Fsp3) is 0.462. The zero-order valence-electron chi connectivity index (χ0n) is 9.89. The van der Waals surface area contributed by atoms with Gasteiger partial charge in [0.25, 0.3) is 0 Å². The van der Waals surface area contributed by atoms with Crippen LogP contribution in [0.25, 0.3) is 0 Å². The van der Waals surface area contributed by atoms with Crippen molar-refractivity contribution in [2.24, 2.45) is 0 Å². The van der Waals surface area contributed by atoms with E-state index in [1.165, 1.54) is 0 Å². The number of nitrogens with zero attached hydrogens (tertiary/aromatic N) is 2. The summed E-state index contributed by atoms with van der Waals surface area (Å²) >= 11 is 0. The monoisotopic (exact) mass is 232 g/mol. The summed E-state index contributed by atoms with van der Waals surface area (Å²) in [5, 5.41) is 18.7. The maximum absolute atomic E-state index is 9.76. The Balaban J connectivity index is 2.37. The first-order valence-corrected chi connectivity index (χ1v) is 5.77. The summed E-state index contributed by atoms with van der Waals surface area (Å²) in [4.78, 5) is 2.16. The lowest BCUT2D eigenvalue weighted by atomic mass is 10.0. The van der Waals surface area contributed by atoms with E-state index in [-0.39, 0.29) is 0 Å². The number of anilines is 1. The summed E-state index contributed by atoms with van der Waals surface area (Å²) in [5.41, 5.74) is 2.43. The fourth-order valence-corrected chi connectivity index (χ4v) is 2.04. The molecule has 1 fully saturated rings. The van der Waals surface area contributed by atoms with E-state index in [4.69, 9.17) is 10.00 Å². The van der Waals surface area contributed by atoms with Crippen LogP contribution in [0.2, 0.25) is 0 Å². The smallest absolute Gasteiger partial charge is 0.0992 e. The van der Waals surface area contributed by atoms with Gasteiger partial charge in [0.15, 0.2) is 0 Å². The number of aliphatic hydroxyl groups is 1. The molecule has 0 saturated carbocycles. The number of nitriles is 1. The minimum atomic E-state index is -0.527. The molecular weight excluding hydrogens is 216 g/mol. The lowest BCUT2D eigenvalue weighted by molar-refractivity contribution is 0.122. The van der Waals surface area contributed by atoms with Gasteiger partial charge in [0.1, 0.15) is 0 Å². The van der Waals surface area contributed by atoms with Gasteiger partial charge in [-0.1, -0.05) is 6.07 Å². The van der Waals surface area contributed by atoms with Gasteiger partial charge in [0, 0.05) is 24.3 Å². The highest BCUT2D eigenvalue weighted by Gasteiger charge is 2.17. The molecule has 1 N–H and O–H groups in total. The molecule has 1 aromatic rings. The standard InChI is InChI=1S/C13H16N2O2/c1-10(16)12-3-2-11(9-14)8-13(12)15-4-6-17-7-5-15/h2-3,8,10,16H,4-7H2,1H3/t10-/m1/s1. The fourth-order valence-electron chi connectivity index (χ4n) is 2.04. The number of ether oxygens (including phenoxy) is 1. The summed E-state index contributed by atoms with van der Waals surface area (Å²) < 4.78 is 5.31. The normalized spacial score (nSPS) is 17.6. The van der Waals surface area contributed by atoms with E-state index >= 15 is 0 Å². The quantitative estimate of drug-likeness (QED) is 0.838. The molecule has 1 aliphatic rings. The first-order chi connectivity index (χ1) is 8.22. The van der Waals surface area contributed by atoms with Crippen molar-refractivity contribution in [1.29, 1.82) is 5.26 Å². The van der Waals surface area contributed by atoms with Crippen molar-refractivity contribution in [3.63, 3.8) is 0 Å². The van der Waals surface area contributed by atoms with Gasteiger partial charge in [-0.15, -0.1) is 0 Å². The van der Waals surface area contributed by atoms with Crippen LogP contribution in [-0.2, 0) is 4.74 Å². The van der Waals surface area contributed by atoms with Crippen LogP contribution in [0.5, 0.6) is 0 Å². The van der Waals surface area contributed by atoms with Gasteiger partial charge >= 0.3 is 0 Å². The number of morpholine rings is 1. The topological polar surface area (TPSA) is 56.5 Å². The lowest BCUT2D eigenvalue weighted by Crippen LogP contribution is -2.37. The molecule has 1 heterocycles. The molecule has 0 unspecified atom stereocenters. The van der Waals surface area contributed by atoms with E-state index in [1.807, 2.05) is 12.1 Å². The first kappa shape index (κ1) is 11.9. The molecule has 1 saturated heterocycles. The van der Waals surface area contributed by atoms with Crippen LogP contribution in [0.1, 0.15) is 24.2 Å². The van der Waals surface area contributed by atoms with E-state index in [2.05, 4.69) is 11.0 Å². The second-order valence-electron chi connectivity index (χ2n) is 4.16. The van der Waals surface area contributed by atoms with Crippen molar-refractivity contribution in [3.05, 3.63) is 29.3 Å². The Labute approximate surface area is 101 Å². The summed E-state index contributed by atoms with van der Waals surface area (Å²) in [7, 11) is 0. The average Bonchev–Trinajstić information content (AvgIpc) is 2.39. The number of benzene rings is 1. The largest absolute Gasteiger partial charge is 0.389 e. The molecule has 90 valence electrons. The van der Waals surface area contributed by atoms with Crippen LogP contribution in [0.3, 0.4) is 0 Å². The van der Waals surface area contributed by atoms with Crippen LogP contribution >= 0.6 is 0 Å². The van der Waals surface area contributed by atoms with Gasteiger partial charge in [0.2, 0.25) is 0 Å². The molecular formula is C13H16N2O2. The molecule has 4 nitrogen and oxygen atoms in total. The Morgan fingerprint density at radius 2 is 2.12 bits per heavy atom. The molecule has 2 rings (SSSR count). The molecule has 0 bridgehead atoms. The number of rotatable bonds is 2. The van der Waals surface area contributed by atoms with Crippen molar-refractivity contribution >= 4 is 5.69 Å². The third-order valence-electron chi connectivity index (χ3n) is 2.96. The van der Waals surface area contributed by atoms with E-state index in [1.54, 1.807) is 13.0 Å². The average molecular weight is 232 g/mol. The van der Waals surface area contributed by atoms with Crippen LogP contribution in [0.4, 0.5) is 5.69 Å². The van der Waals surface area contributed by atoms with Crippen molar-refractivity contribution < 1.29 is 9.84 Å². The molecule has 0 amide bonds. The number of hydrogen-bond acceptors (Lipinski definition) is 4. The minimum Gasteiger partial charge on any atom is -0.389 e. The van der Waals surface area contributed by atoms with Gasteiger partial charge in [-0.3, -0.25) is 0 Å². The Morgan fingerprint density at radius 1 is 1.41 bits per heavy atom. The molecule has 1 atom stereocenters. The predicted molar refractivity (Wildman–Crippen MR) is 64.8 cm³/mol. The van der Waals surface area contributed by atoms with Crippen LogP contribution < -0.4 is 4.90 Å². The Hall–Kier alpha value is -1.57. The molecule has 0 radical (unpaired) electrons. The molecule has 0 spiro atoms. The van der Waals surface area contributed by atoms with Crippen LogP contribution in [0, 0.1) is 11.3 Å². The molecule has 4 heteroatoms. The van der Waals surface area contributed by atoms with Crippen molar-refractivity contribution in [1.82, 2.24) is 0 Å². The Bertz CT molecular complexity index is 432. The highest BCUT2D eigenvalue weighted by molar-refractivity contribution is 5.58. The third kappa shape index (κ3) is 2.57. The molecule has 0 aromatic heterocycles. The van der Waals surface area contributed by atoms with E-state index in [0.29, 0.717) is 18.8 Å². The maximum Gasteiger partial charge on any atom is 0.0992 e. The van der Waals surface area contributed by atoms with Gasteiger partial charge in [0.05, 0.1) is 31.0 Å². The predicted octanol–water partition coefficient (Wildman–Crippen LogP) is 1.45. The van der Waals surface area contributed by atoms with Gasteiger partial charge in [-0.05, 0) is 19.1 Å². The second kappa shape index (κ2) is 5.17. The summed E-state index contributed by atoms with van der Waals surface area (Å²) in [6.07, 6.45) is -0.527. The third-order valence-corrected chi connectivity index (χ3v) is 2.96. The van der Waals surface area contributed by atoms with E-state index in [0.717, 1.165) is 24.3 Å². The Kier molecular flexibility index (Phi) is 3.62. The highest BCUT2D eigenvalue weighted by atomic mass is 16.5. The molecule has 0 aliphatic carbocycles. The van der Waals surface area contributed by atoms with E-state index in [9.17, 15) is 5.11 Å². The van der Waals surface area contributed by atoms with Gasteiger partial charge in [-0.25, -0.2) is 0 Å². The maximum atomic E-state index is 9.76. The lowest BCUT2D eigenvalue weighted by Gasteiger charge is -2.31. The first-order valence-electron chi connectivity index (χ1n) is 5.77. The summed E-state index contributed by atoms with van der Waals surface area (Å²) in [6, 6.07) is 7.54. The SMILES string of the molecule is C[C@@H](O)c1ccc(C#N)cc1N1CCOCC1. The van der Waals surface area contributed by atoms with E-state index < -0.39 is 6.10 Å². The van der Waals surface area contributed by atoms with Crippen molar-refractivity contribution in [2.45, 2.75) is 13.0 Å². The highest BCUT2D eigenvalue weighted by Crippen LogP contribution is 2.28. The van der Waals surface area contributed by atoms with Gasteiger partial charge in [-0.2, -0.15) is 5.26 Å². The summed E-state index contributed by atoms with van der Waals surface area (Å²) in [5.74, 6) is 0. The number of aliphatic hydroxyl groups excluding tert-OH is 1. The van der Waals surface area contributed by atoms with Crippen molar-refractivity contribution in [2.75, 3.05) is 31.2 Å². The zero-order valence-corrected chi connectivity index (χ0v) is 9.89. The zero-order chi connectivity index (χ0) is 12.3.